The Morgan fingerprint density at radius 2 is 1.20 bits per heavy atom. The van der Waals surface area contributed by atoms with Crippen LogP contribution in [0.25, 0.3) is 10.8 Å². The quantitative estimate of drug-likeness (QED) is 0.396. The molecule has 0 aliphatic rings. The highest BCUT2D eigenvalue weighted by Gasteiger charge is 2.14. The first kappa shape index (κ1) is 15.2. The monoisotopic (exact) mass is 318 g/mol. The van der Waals surface area contributed by atoms with E-state index in [1.165, 1.54) is 21.9 Å². The average Bonchev–Trinajstić information content (AvgIpc) is 2.70. The first-order valence-corrected chi connectivity index (χ1v) is 8.51. The fourth-order valence-corrected chi connectivity index (χ4v) is 3.17. The number of fused-ring (bicyclic) bond motifs is 1. The highest BCUT2D eigenvalue weighted by molar-refractivity contribution is 5.87. The number of hydrogen-bond acceptors (Lipinski definition) is 0. The standard InChI is InChI=1S/C25H18/c1-3-10-20(11-4-1)18-19-24(21-12-5-2-6-13-21)25-17-9-15-22-14-7-8-16-23(22)25/h1-17,24H/t24-/m1/s1. The van der Waals surface area contributed by atoms with Crippen molar-refractivity contribution in [1.29, 1.82) is 0 Å². The molecule has 1 atom stereocenters. The van der Waals surface area contributed by atoms with Gasteiger partial charge in [-0.2, -0.15) is 0 Å². The molecule has 0 saturated carbocycles. The maximum atomic E-state index is 3.51. The van der Waals surface area contributed by atoms with Crippen molar-refractivity contribution in [2.24, 2.45) is 0 Å². The number of benzene rings is 4. The van der Waals surface area contributed by atoms with Gasteiger partial charge in [0.1, 0.15) is 0 Å². The maximum absolute atomic E-state index is 3.51. The van der Waals surface area contributed by atoms with Crippen LogP contribution in [0.4, 0.5) is 0 Å². The third-order valence-corrected chi connectivity index (χ3v) is 4.40. The Balaban J connectivity index is 1.88. The Morgan fingerprint density at radius 3 is 2.00 bits per heavy atom. The molecule has 0 bridgehead atoms. The Hall–Kier alpha value is -3.30. The molecule has 4 rings (SSSR count). The Kier molecular flexibility index (Phi) is 4.31. The van der Waals surface area contributed by atoms with E-state index in [0.717, 1.165) is 5.56 Å². The topological polar surface area (TPSA) is 0 Å². The summed E-state index contributed by atoms with van der Waals surface area (Å²) in [7, 11) is 0. The fraction of sp³-hybridized carbons (Fsp3) is 0.0400. The van der Waals surface area contributed by atoms with Crippen LogP contribution in [-0.2, 0) is 0 Å². The zero-order valence-corrected chi connectivity index (χ0v) is 13.9. The van der Waals surface area contributed by atoms with Crippen molar-refractivity contribution >= 4 is 10.8 Å². The molecule has 0 heterocycles. The van der Waals surface area contributed by atoms with Crippen LogP contribution < -0.4 is 0 Å². The van der Waals surface area contributed by atoms with E-state index in [1.807, 2.05) is 24.3 Å². The normalized spacial score (nSPS) is 11.5. The number of hydrogen-bond donors (Lipinski definition) is 0. The van der Waals surface area contributed by atoms with E-state index in [-0.39, 0.29) is 5.92 Å². The Labute approximate surface area is 148 Å². The van der Waals surface area contributed by atoms with Gasteiger partial charge >= 0.3 is 0 Å². The molecule has 4 aromatic rings. The Morgan fingerprint density at radius 1 is 0.560 bits per heavy atom. The zero-order chi connectivity index (χ0) is 16.9. The minimum atomic E-state index is 0.0486. The molecule has 0 N–H and O–H groups in total. The van der Waals surface area contributed by atoms with Gasteiger partial charge in [0.05, 0.1) is 5.92 Å². The molecule has 0 amide bonds. The minimum Gasteiger partial charge on any atom is -0.0848 e. The van der Waals surface area contributed by atoms with Crippen molar-refractivity contribution in [3.05, 3.63) is 120 Å². The lowest BCUT2D eigenvalue weighted by atomic mass is 9.88. The summed E-state index contributed by atoms with van der Waals surface area (Å²) in [6, 6.07) is 35.7. The van der Waals surface area contributed by atoms with Crippen molar-refractivity contribution in [2.75, 3.05) is 0 Å². The van der Waals surface area contributed by atoms with E-state index in [0.29, 0.717) is 0 Å². The molecule has 0 aromatic heterocycles. The van der Waals surface area contributed by atoms with Crippen LogP contribution in [0.2, 0.25) is 0 Å². The molecule has 0 spiro atoms. The summed E-state index contributed by atoms with van der Waals surface area (Å²) in [5, 5.41) is 2.52. The summed E-state index contributed by atoms with van der Waals surface area (Å²) < 4.78 is 0. The van der Waals surface area contributed by atoms with Crippen molar-refractivity contribution < 1.29 is 0 Å². The van der Waals surface area contributed by atoms with Crippen LogP contribution in [0.3, 0.4) is 0 Å². The van der Waals surface area contributed by atoms with Gasteiger partial charge in [-0.25, -0.2) is 0 Å². The summed E-state index contributed by atoms with van der Waals surface area (Å²) in [6.07, 6.45) is 0. The second-order valence-electron chi connectivity index (χ2n) is 6.05. The van der Waals surface area contributed by atoms with Crippen molar-refractivity contribution in [2.45, 2.75) is 5.92 Å². The van der Waals surface area contributed by atoms with E-state index in [1.54, 1.807) is 0 Å². The van der Waals surface area contributed by atoms with Gasteiger partial charge < -0.3 is 0 Å². The molecule has 25 heavy (non-hydrogen) atoms. The highest BCUT2D eigenvalue weighted by Crippen LogP contribution is 2.30. The van der Waals surface area contributed by atoms with Gasteiger partial charge in [0.25, 0.3) is 0 Å². The largest absolute Gasteiger partial charge is 0.0848 e. The van der Waals surface area contributed by atoms with Crippen molar-refractivity contribution in [1.82, 2.24) is 0 Å². The van der Waals surface area contributed by atoms with Gasteiger partial charge in [-0.15, -0.1) is 0 Å². The second kappa shape index (κ2) is 7.07. The van der Waals surface area contributed by atoms with Crippen LogP contribution in [-0.4, -0.2) is 0 Å². The molecule has 118 valence electrons. The van der Waals surface area contributed by atoms with Crippen molar-refractivity contribution in [3.8, 4) is 11.8 Å². The third-order valence-electron chi connectivity index (χ3n) is 4.40. The molecular weight excluding hydrogens is 300 g/mol. The maximum Gasteiger partial charge on any atom is 0.0711 e. The van der Waals surface area contributed by atoms with Gasteiger partial charge in [0, 0.05) is 5.56 Å². The molecule has 4 aromatic carbocycles. The van der Waals surface area contributed by atoms with Gasteiger partial charge in [-0.3, -0.25) is 0 Å². The summed E-state index contributed by atoms with van der Waals surface area (Å²) >= 11 is 0. The van der Waals surface area contributed by atoms with E-state index in [4.69, 9.17) is 0 Å². The van der Waals surface area contributed by atoms with E-state index >= 15 is 0 Å². The lowest BCUT2D eigenvalue weighted by molar-refractivity contribution is 1.08. The minimum absolute atomic E-state index is 0.0486. The highest BCUT2D eigenvalue weighted by atomic mass is 14.2. The predicted molar refractivity (Wildman–Crippen MR) is 106 cm³/mol. The first-order valence-electron chi connectivity index (χ1n) is 8.51. The Bertz CT molecular complexity index is 1030. The first-order chi connectivity index (χ1) is 12.4. The van der Waals surface area contributed by atoms with Crippen LogP contribution in [0.15, 0.2) is 103 Å². The van der Waals surface area contributed by atoms with Crippen LogP contribution in [0.1, 0.15) is 22.6 Å². The summed E-state index contributed by atoms with van der Waals surface area (Å²) in [6.45, 7) is 0. The lowest BCUT2D eigenvalue weighted by Gasteiger charge is -2.14. The molecule has 0 nitrogen and oxygen atoms in total. The second-order valence-corrected chi connectivity index (χ2v) is 6.05. The summed E-state index contributed by atoms with van der Waals surface area (Å²) in [5.41, 5.74) is 3.53. The van der Waals surface area contributed by atoms with Gasteiger partial charge in [0.15, 0.2) is 0 Å². The van der Waals surface area contributed by atoms with E-state index in [9.17, 15) is 0 Å². The third kappa shape index (κ3) is 3.32. The smallest absolute Gasteiger partial charge is 0.0711 e. The summed E-state index contributed by atoms with van der Waals surface area (Å²) in [4.78, 5) is 0. The average molecular weight is 318 g/mol. The van der Waals surface area contributed by atoms with Gasteiger partial charge in [-0.1, -0.05) is 103 Å². The molecule has 0 aliphatic heterocycles. The van der Waals surface area contributed by atoms with Crippen LogP contribution in [0, 0.1) is 11.8 Å². The van der Waals surface area contributed by atoms with Crippen LogP contribution in [0.5, 0.6) is 0 Å². The van der Waals surface area contributed by atoms with Crippen molar-refractivity contribution in [3.63, 3.8) is 0 Å². The molecule has 0 heteroatoms. The zero-order valence-electron chi connectivity index (χ0n) is 13.9. The number of rotatable bonds is 2. The molecule has 0 unspecified atom stereocenters. The van der Waals surface area contributed by atoms with E-state index in [2.05, 4.69) is 90.7 Å². The van der Waals surface area contributed by atoms with Gasteiger partial charge in [-0.05, 0) is 34.0 Å². The molecule has 0 saturated heterocycles. The molecular formula is C25H18. The lowest BCUT2D eigenvalue weighted by Crippen LogP contribution is -1.99. The SMILES string of the molecule is C(#C[C@H](c1ccccc1)c1cccc2ccccc12)c1ccccc1. The van der Waals surface area contributed by atoms with E-state index < -0.39 is 0 Å². The fourth-order valence-electron chi connectivity index (χ4n) is 3.17. The van der Waals surface area contributed by atoms with Gasteiger partial charge in [0.2, 0.25) is 0 Å². The molecule has 0 fully saturated rings. The molecule has 0 aliphatic carbocycles. The predicted octanol–water partition coefficient (Wildman–Crippen LogP) is 6.02. The molecule has 0 radical (unpaired) electrons. The van der Waals surface area contributed by atoms with Crippen LogP contribution >= 0.6 is 0 Å². The summed E-state index contributed by atoms with van der Waals surface area (Å²) in [5.74, 6) is 6.92.